The average molecular weight is 326 g/mol. The SMILES string of the molecule is Cc1nn(C(F)F)c(C)c1CC(=O)NC1CCN(C2CC2)CC1. The Kier molecular flexibility index (Phi) is 4.66. The molecule has 1 aromatic heterocycles. The third-order valence-electron chi connectivity index (χ3n) is 4.95. The van der Waals surface area contributed by atoms with Crippen LogP contribution in [0.4, 0.5) is 8.78 Å². The van der Waals surface area contributed by atoms with Crippen molar-refractivity contribution in [2.45, 2.75) is 64.6 Å². The first kappa shape index (κ1) is 16.4. The summed E-state index contributed by atoms with van der Waals surface area (Å²) in [6.07, 6.45) is 4.67. The number of amides is 1. The number of carbonyl (C=O) groups is 1. The van der Waals surface area contributed by atoms with E-state index in [0.717, 1.165) is 32.0 Å². The molecule has 2 aliphatic rings. The molecular formula is C16H24F2N4O. The topological polar surface area (TPSA) is 50.2 Å². The Bertz CT molecular complexity index is 575. The van der Waals surface area contributed by atoms with Gasteiger partial charge in [-0.2, -0.15) is 13.9 Å². The lowest BCUT2D eigenvalue weighted by Crippen LogP contribution is -2.45. The van der Waals surface area contributed by atoms with Crippen LogP contribution in [0.15, 0.2) is 0 Å². The second-order valence-corrected chi connectivity index (χ2v) is 6.66. The molecule has 0 aromatic carbocycles. The first-order valence-electron chi connectivity index (χ1n) is 8.32. The van der Waals surface area contributed by atoms with E-state index >= 15 is 0 Å². The summed E-state index contributed by atoms with van der Waals surface area (Å²) in [5.74, 6) is -0.102. The minimum atomic E-state index is -2.67. The molecule has 7 heteroatoms. The van der Waals surface area contributed by atoms with E-state index < -0.39 is 6.55 Å². The molecule has 2 fully saturated rings. The molecule has 23 heavy (non-hydrogen) atoms. The van der Waals surface area contributed by atoms with E-state index in [1.165, 1.54) is 12.8 Å². The number of hydrogen-bond acceptors (Lipinski definition) is 3. The van der Waals surface area contributed by atoms with Gasteiger partial charge >= 0.3 is 6.55 Å². The summed E-state index contributed by atoms with van der Waals surface area (Å²) in [6, 6.07) is 0.973. The Hall–Kier alpha value is -1.50. The molecule has 1 aromatic rings. The zero-order chi connectivity index (χ0) is 16.6. The first-order valence-corrected chi connectivity index (χ1v) is 8.32. The predicted octanol–water partition coefficient (Wildman–Crippen LogP) is 2.18. The lowest BCUT2D eigenvalue weighted by atomic mass is 10.0. The molecule has 2 heterocycles. The maximum absolute atomic E-state index is 12.8. The summed E-state index contributed by atoms with van der Waals surface area (Å²) in [6.45, 7) is 2.66. The highest BCUT2D eigenvalue weighted by Crippen LogP contribution is 2.29. The molecule has 0 radical (unpaired) electrons. The summed E-state index contributed by atoms with van der Waals surface area (Å²) in [7, 11) is 0. The van der Waals surface area contributed by atoms with Crippen molar-refractivity contribution in [3.8, 4) is 0 Å². The number of carbonyl (C=O) groups excluding carboxylic acids is 1. The van der Waals surface area contributed by atoms with Gasteiger partial charge < -0.3 is 10.2 Å². The second kappa shape index (κ2) is 6.55. The second-order valence-electron chi connectivity index (χ2n) is 6.66. The number of piperidine rings is 1. The number of rotatable bonds is 5. The zero-order valence-corrected chi connectivity index (χ0v) is 13.7. The van der Waals surface area contributed by atoms with E-state index in [9.17, 15) is 13.6 Å². The number of aromatic nitrogens is 2. The van der Waals surface area contributed by atoms with Gasteiger partial charge in [0.15, 0.2) is 0 Å². The van der Waals surface area contributed by atoms with E-state index in [4.69, 9.17) is 0 Å². The minimum absolute atomic E-state index is 0.102. The molecule has 1 amide bonds. The van der Waals surface area contributed by atoms with Gasteiger partial charge in [0.2, 0.25) is 5.91 Å². The van der Waals surface area contributed by atoms with Crippen LogP contribution >= 0.6 is 0 Å². The van der Waals surface area contributed by atoms with Gasteiger partial charge in [-0.05, 0) is 39.5 Å². The van der Waals surface area contributed by atoms with Crippen molar-refractivity contribution in [3.63, 3.8) is 0 Å². The quantitative estimate of drug-likeness (QED) is 0.902. The number of hydrogen-bond donors (Lipinski definition) is 1. The summed E-state index contributed by atoms with van der Waals surface area (Å²) in [4.78, 5) is 14.7. The van der Waals surface area contributed by atoms with Gasteiger partial charge in [-0.1, -0.05) is 0 Å². The van der Waals surface area contributed by atoms with Gasteiger partial charge in [-0.25, -0.2) is 4.68 Å². The van der Waals surface area contributed by atoms with Crippen LogP contribution in [0.2, 0.25) is 0 Å². The molecular weight excluding hydrogens is 302 g/mol. The van der Waals surface area contributed by atoms with Crippen molar-refractivity contribution in [2.75, 3.05) is 13.1 Å². The van der Waals surface area contributed by atoms with E-state index in [0.29, 0.717) is 21.6 Å². The number of aryl methyl sites for hydroxylation is 1. The first-order chi connectivity index (χ1) is 11.0. The standard InChI is InChI=1S/C16H24F2N4O/c1-10-14(11(2)22(20-10)16(17)18)9-15(23)19-12-5-7-21(8-6-12)13-3-4-13/h12-13,16H,3-9H2,1-2H3,(H,19,23). The van der Waals surface area contributed by atoms with Gasteiger partial charge in [-0.3, -0.25) is 4.79 Å². The smallest absolute Gasteiger partial charge is 0.333 e. The molecule has 1 saturated carbocycles. The lowest BCUT2D eigenvalue weighted by molar-refractivity contribution is -0.121. The summed E-state index contributed by atoms with van der Waals surface area (Å²) in [5.41, 5.74) is 1.48. The van der Waals surface area contributed by atoms with Gasteiger partial charge in [0.1, 0.15) is 0 Å². The Morgan fingerprint density at radius 3 is 2.43 bits per heavy atom. The van der Waals surface area contributed by atoms with Crippen LogP contribution in [-0.4, -0.2) is 45.8 Å². The molecule has 0 bridgehead atoms. The maximum atomic E-state index is 12.8. The fourth-order valence-electron chi connectivity index (χ4n) is 3.43. The van der Waals surface area contributed by atoms with Gasteiger partial charge in [0.25, 0.3) is 0 Å². The third-order valence-corrected chi connectivity index (χ3v) is 4.95. The molecule has 0 atom stereocenters. The normalized spacial score (nSPS) is 20.2. The average Bonchev–Trinajstić information content (AvgIpc) is 3.30. The molecule has 1 N–H and O–H groups in total. The molecule has 128 valence electrons. The van der Waals surface area contributed by atoms with Gasteiger partial charge in [0, 0.05) is 36.4 Å². The Labute approximate surface area is 135 Å². The molecule has 0 unspecified atom stereocenters. The molecule has 5 nitrogen and oxygen atoms in total. The van der Waals surface area contributed by atoms with Crippen LogP contribution in [0.25, 0.3) is 0 Å². The third kappa shape index (κ3) is 3.71. The molecule has 1 saturated heterocycles. The number of alkyl halides is 2. The number of halogens is 2. The fraction of sp³-hybridized carbons (Fsp3) is 0.750. The van der Waals surface area contributed by atoms with Crippen molar-refractivity contribution in [2.24, 2.45) is 0 Å². The van der Waals surface area contributed by atoms with E-state index in [1.807, 2.05) is 0 Å². The highest BCUT2D eigenvalue weighted by molar-refractivity contribution is 5.79. The van der Waals surface area contributed by atoms with Crippen molar-refractivity contribution >= 4 is 5.91 Å². The summed E-state index contributed by atoms with van der Waals surface area (Å²) in [5, 5.41) is 6.88. The summed E-state index contributed by atoms with van der Waals surface area (Å²) >= 11 is 0. The predicted molar refractivity (Wildman–Crippen MR) is 82.4 cm³/mol. The molecule has 1 aliphatic carbocycles. The largest absolute Gasteiger partial charge is 0.353 e. The van der Waals surface area contributed by atoms with Crippen molar-refractivity contribution in [1.82, 2.24) is 20.0 Å². The lowest BCUT2D eigenvalue weighted by Gasteiger charge is -2.32. The van der Waals surface area contributed by atoms with Crippen LogP contribution in [0.5, 0.6) is 0 Å². The molecule has 1 aliphatic heterocycles. The van der Waals surface area contributed by atoms with Gasteiger partial charge in [-0.15, -0.1) is 0 Å². The molecule has 0 spiro atoms. The van der Waals surface area contributed by atoms with Crippen LogP contribution in [0, 0.1) is 13.8 Å². The highest BCUT2D eigenvalue weighted by atomic mass is 19.3. The number of likely N-dealkylation sites (tertiary alicyclic amines) is 1. The van der Waals surface area contributed by atoms with Crippen LogP contribution in [0.3, 0.4) is 0 Å². The number of nitrogens with one attached hydrogen (secondary N) is 1. The minimum Gasteiger partial charge on any atom is -0.353 e. The van der Waals surface area contributed by atoms with E-state index in [-0.39, 0.29) is 18.4 Å². The van der Waals surface area contributed by atoms with Crippen LogP contribution in [-0.2, 0) is 11.2 Å². The zero-order valence-electron chi connectivity index (χ0n) is 13.7. The van der Waals surface area contributed by atoms with Crippen molar-refractivity contribution in [1.29, 1.82) is 0 Å². The van der Waals surface area contributed by atoms with Gasteiger partial charge in [0.05, 0.1) is 12.1 Å². The van der Waals surface area contributed by atoms with E-state index in [2.05, 4.69) is 15.3 Å². The van der Waals surface area contributed by atoms with E-state index in [1.54, 1.807) is 13.8 Å². The highest BCUT2D eigenvalue weighted by Gasteiger charge is 2.32. The fourth-order valence-corrected chi connectivity index (χ4v) is 3.43. The monoisotopic (exact) mass is 326 g/mol. The molecule has 3 rings (SSSR count). The van der Waals surface area contributed by atoms with Crippen LogP contribution < -0.4 is 5.32 Å². The maximum Gasteiger partial charge on any atom is 0.333 e. The Morgan fingerprint density at radius 1 is 1.26 bits per heavy atom. The van der Waals surface area contributed by atoms with Crippen LogP contribution in [0.1, 0.15) is 49.2 Å². The van der Waals surface area contributed by atoms with Crippen molar-refractivity contribution in [3.05, 3.63) is 17.0 Å². The Morgan fingerprint density at radius 2 is 1.91 bits per heavy atom. The summed E-state index contributed by atoms with van der Waals surface area (Å²) < 4.78 is 26.4. The van der Waals surface area contributed by atoms with Crippen molar-refractivity contribution < 1.29 is 13.6 Å². The Balaban J connectivity index is 1.53. The number of nitrogens with zero attached hydrogens (tertiary/aromatic N) is 3.